The molecule has 0 aliphatic carbocycles. The molecule has 10 heteroatoms. The van der Waals surface area contributed by atoms with Crippen LogP contribution in [0.1, 0.15) is 39.7 Å². The lowest BCUT2D eigenvalue weighted by Gasteiger charge is -2.31. The van der Waals surface area contributed by atoms with Crippen LogP contribution < -0.4 is 0 Å². The molecule has 0 amide bonds. The lowest BCUT2D eigenvalue weighted by molar-refractivity contribution is -0.0539. The van der Waals surface area contributed by atoms with Gasteiger partial charge in [-0.05, 0) is 31.0 Å². The number of ether oxygens (including phenoxy) is 3. The Bertz CT molecular complexity index is 823. The van der Waals surface area contributed by atoms with E-state index < -0.39 is 10.1 Å². The Labute approximate surface area is 192 Å². The maximum absolute atomic E-state index is 12.2. The molecule has 0 bridgehead atoms. The summed E-state index contributed by atoms with van der Waals surface area (Å²) in [6.07, 6.45) is 0.846. The van der Waals surface area contributed by atoms with Crippen molar-refractivity contribution in [3.8, 4) is 0 Å². The van der Waals surface area contributed by atoms with Crippen molar-refractivity contribution in [2.75, 3.05) is 52.8 Å². The molecule has 32 heavy (non-hydrogen) atoms. The van der Waals surface area contributed by atoms with Gasteiger partial charge in [0.15, 0.2) is 0 Å². The number of nitrogens with zero attached hydrogens (tertiary/aromatic N) is 3. The molecule has 0 radical (unpaired) electrons. The molecule has 0 saturated carbocycles. The fraction of sp³-hybridized carbons (Fsp3) is 0.727. The maximum Gasteiger partial charge on any atom is 0.297 e. The average Bonchev–Trinajstić information content (AvgIpc) is 2.73. The van der Waals surface area contributed by atoms with E-state index in [1.54, 1.807) is 12.1 Å². The number of hydrogen-bond acceptors (Lipinski definition) is 7. The van der Waals surface area contributed by atoms with Crippen LogP contribution in [-0.2, 0) is 28.5 Å². The zero-order valence-electron chi connectivity index (χ0n) is 19.9. The van der Waals surface area contributed by atoms with Gasteiger partial charge in [0, 0.05) is 22.3 Å². The van der Waals surface area contributed by atoms with Gasteiger partial charge in [0.05, 0.1) is 51.1 Å². The van der Waals surface area contributed by atoms with Crippen LogP contribution in [0.5, 0.6) is 0 Å². The smallest absolute Gasteiger partial charge is 0.297 e. The molecule has 0 saturated heterocycles. The Morgan fingerprint density at radius 2 is 1.53 bits per heavy atom. The quantitative estimate of drug-likeness (QED) is 0.108. The van der Waals surface area contributed by atoms with Crippen LogP contribution in [0.2, 0.25) is 0 Å². The first-order chi connectivity index (χ1) is 15.0. The van der Waals surface area contributed by atoms with Crippen LogP contribution in [0.15, 0.2) is 34.3 Å². The van der Waals surface area contributed by atoms with Crippen molar-refractivity contribution in [2.45, 2.75) is 45.9 Å². The van der Waals surface area contributed by atoms with Gasteiger partial charge in [-0.1, -0.05) is 50.5 Å². The van der Waals surface area contributed by atoms with Crippen molar-refractivity contribution in [2.24, 2.45) is 15.9 Å². The molecule has 9 nitrogen and oxygen atoms in total. The summed E-state index contributed by atoms with van der Waals surface area (Å²) < 4.78 is 46.6. The van der Waals surface area contributed by atoms with E-state index in [0.29, 0.717) is 39.6 Å². The number of rotatable bonds is 17. The van der Waals surface area contributed by atoms with E-state index in [2.05, 4.69) is 23.9 Å². The third-order valence-corrected chi connectivity index (χ3v) is 6.24. The van der Waals surface area contributed by atoms with Gasteiger partial charge in [-0.2, -0.15) is 8.42 Å². The normalized spacial score (nSPS) is 14.0. The number of benzene rings is 1. The van der Waals surface area contributed by atoms with Crippen molar-refractivity contribution < 1.29 is 26.8 Å². The molecule has 1 aromatic carbocycles. The Morgan fingerprint density at radius 1 is 0.938 bits per heavy atom. The van der Waals surface area contributed by atoms with Crippen molar-refractivity contribution in [1.82, 2.24) is 0 Å². The predicted octanol–water partition coefficient (Wildman–Crippen LogP) is 4.50. The summed E-state index contributed by atoms with van der Waals surface area (Å²) in [6.45, 7) is 12.9. The van der Waals surface area contributed by atoms with E-state index in [1.165, 1.54) is 12.1 Å². The van der Waals surface area contributed by atoms with E-state index in [4.69, 9.17) is 23.9 Å². The van der Waals surface area contributed by atoms with Crippen LogP contribution in [-0.4, -0.2) is 61.2 Å². The second-order valence-corrected chi connectivity index (χ2v) is 10.6. The fourth-order valence-corrected chi connectivity index (χ4v) is 3.55. The molecule has 182 valence electrons. The van der Waals surface area contributed by atoms with Crippen LogP contribution in [0.4, 0.5) is 0 Å². The van der Waals surface area contributed by atoms with Crippen molar-refractivity contribution >= 4 is 10.1 Å². The van der Waals surface area contributed by atoms with Crippen molar-refractivity contribution in [3.63, 3.8) is 0 Å². The number of aryl methyl sites for hydroxylation is 1. The molecule has 0 aliphatic heterocycles. The summed E-state index contributed by atoms with van der Waals surface area (Å²) in [7, 11) is -3.78. The molecule has 0 spiro atoms. The van der Waals surface area contributed by atoms with E-state index in [9.17, 15) is 8.42 Å². The van der Waals surface area contributed by atoms with Crippen LogP contribution in [0.3, 0.4) is 0 Å². The Kier molecular flexibility index (Phi) is 12.2. The fourth-order valence-electron chi connectivity index (χ4n) is 2.65. The second-order valence-electron chi connectivity index (χ2n) is 8.97. The van der Waals surface area contributed by atoms with E-state index in [0.717, 1.165) is 12.0 Å². The zero-order chi connectivity index (χ0) is 24.1. The summed E-state index contributed by atoms with van der Waals surface area (Å²) in [5.74, 6) is 0. The maximum atomic E-state index is 12.2. The largest absolute Gasteiger partial charge is 0.381 e. The van der Waals surface area contributed by atoms with Gasteiger partial charge in [-0.15, -0.1) is 0 Å². The highest BCUT2D eigenvalue weighted by atomic mass is 32.2. The number of azide groups is 1. The number of hydrogen-bond donors (Lipinski definition) is 0. The van der Waals surface area contributed by atoms with E-state index >= 15 is 0 Å². The zero-order valence-corrected chi connectivity index (χ0v) is 20.7. The van der Waals surface area contributed by atoms with Crippen molar-refractivity contribution in [3.05, 3.63) is 40.3 Å². The first kappa shape index (κ1) is 28.4. The molecule has 1 rings (SSSR count). The van der Waals surface area contributed by atoms with Crippen LogP contribution in [0.25, 0.3) is 10.4 Å². The summed E-state index contributed by atoms with van der Waals surface area (Å²) >= 11 is 0. The Hall–Kier alpha value is -1.68. The minimum Gasteiger partial charge on any atom is -0.381 e. The molecular weight excluding hydrogens is 434 g/mol. The molecule has 0 fully saturated rings. The monoisotopic (exact) mass is 471 g/mol. The van der Waals surface area contributed by atoms with Gasteiger partial charge < -0.3 is 14.2 Å². The molecule has 1 atom stereocenters. The summed E-state index contributed by atoms with van der Waals surface area (Å²) in [4.78, 5) is 2.83. The molecule has 1 aromatic rings. The van der Waals surface area contributed by atoms with Gasteiger partial charge >= 0.3 is 0 Å². The average molecular weight is 472 g/mol. The lowest BCUT2D eigenvalue weighted by atomic mass is 9.89. The summed E-state index contributed by atoms with van der Waals surface area (Å²) in [6, 6.07) is 6.53. The van der Waals surface area contributed by atoms with Gasteiger partial charge in [0.25, 0.3) is 10.1 Å². The third-order valence-electron chi connectivity index (χ3n) is 4.91. The van der Waals surface area contributed by atoms with Gasteiger partial charge in [0.1, 0.15) is 0 Å². The molecule has 0 heterocycles. The first-order valence-corrected chi connectivity index (χ1v) is 12.1. The first-order valence-electron chi connectivity index (χ1n) is 10.7. The highest BCUT2D eigenvalue weighted by Gasteiger charge is 2.26. The van der Waals surface area contributed by atoms with E-state index in [-0.39, 0.29) is 28.9 Å². The molecule has 0 aromatic heterocycles. The van der Waals surface area contributed by atoms with Crippen LogP contribution in [0, 0.1) is 17.8 Å². The third kappa shape index (κ3) is 11.3. The SMILES string of the molecule is CCC(C)(COCCOS(=O)(=O)c1ccc(C)cc1)COCC(C)(C)COCCN=[N+]=[N-]. The van der Waals surface area contributed by atoms with E-state index in [1.807, 2.05) is 20.8 Å². The highest BCUT2D eigenvalue weighted by Crippen LogP contribution is 2.24. The minimum atomic E-state index is -3.78. The lowest BCUT2D eigenvalue weighted by Crippen LogP contribution is -2.33. The Balaban J connectivity index is 2.32. The molecule has 0 aliphatic rings. The predicted molar refractivity (Wildman–Crippen MR) is 123 cm³/mol. The van der Waals surface area contributed by atoms with Crippen LogP contribution >= 0.6 is 0 Å². The standard InChI is InChI=1S/C22H37N3O6S/c1-6-22(5,18-30-16-21(3,4)15-28-12-11-24-25-23)17-29-13-14-31-32(26,27)20-9-7-19(2)8-10-20/h7-10H,6,11-18H2,1-5H3. The highest BCUT2D eigenvalue weighted by molar-refractivity contribution is 7.86. The summed E-state index contributed by atoms with van der Waals surface area (Å²) in [5, 5.41) is 3.44. The molecular formula is C22H37N3O6S. The van der Waals surface area contributed by atoms with Gasteiger partial charge in [0.2, 0.25) is 0 Å². The van der Waals surface area contributed by atoms with Gasteiger partial charge in [-0.3, -0.25) is 4.18 Å². The minimum absolute atomic E-state index is 0.0446. The summed E-state index contributed by atoms with van der Waals surface area (Å²) in [5.41, 5.74) is 8.87. The topological polar surface area (TPSA) is 120 Å². The molecule has 1 unspecified atom stereocenters. The second kappa shape index (κ2) is 13.8. The molecule has 0 N–H and O–H groups in total. The van der Waals surface area contributed by atoms with Gasteiger partial charge in [-0.25, -0.2) is 0 Å². The Morgan fingerprint density at radius 3 is 2.16 bits per heavy atom. The van der Waals surface area contributed by atoms with Crippen molar-refractivity contribution in [1.29, 1.82) is 0 Å².